The molecule has 0 aromatic heterocycles. The molecule has 0 heterocycles. The predicted molar refractivity (Wildman–Crippen MR) is 94.4 cm³/mol. The van der Waals surface area contributed by atoms with E-state index in [1.165, 1.54) is 0 Å². The molecule has 0 aliphatic carbocycles. The van der Waals surface area contributed by atoms with Crippen LogP contribution in [0.3, 0.4) is 0 Å². The van der Waals surface area contributed by atoms with Crippen LogP contribution in [0.5, 0.6) is 5.75 Å². The molecule has 1 amide bonds. The Morgan fingerprint density at radius 2 is 1.78 bits per heavy atom. The van der Waals surface area contributed by atoms with Gasteiger partial charge in [0.05, 0.1) is 12.5 Å². The molecule has 3 N–H and O–H groups in total. The fraction of sp³-hybridized carbons (Fsp3) is 0.421. The molecular formula is C19H26N2O2. The summed E-state index contributed by atoms with van der Waals surface area (Å²) >= 11 is 0. The average molecular weight is 314 g/mol. The minimum Gasteiger partial charge on any atom is -0.497 e. The van der Waals surface area contributed by atoms with Crippen LogP contribution in [0.15, 0.2) is 36.4 Å². The van der Waals surface area contributed by atoms with Crippen molar-refractivity contribution in [2.45, 2.75) is 33.2 Å². The third-order valence-electron chi connectivity index (χ3n) is 4.79. The van der Waals surface area contributed by atoms with Crippen LogP contribution in [0.1, 0.15) is 32.3 Å². The Morgan fingerprint density at radius 1 is 1.13 bits per heavy atom. The molecule has 0 unspecified atom stereocenters. The van der Waals surface area contributed by atoms with Crippen molar-refractivity contribution in [1.82, 2.24) is 5.32 Å². The summed E-state index contributed by atoms with van der Waals surface area (Å²) in [6.45, 7) is 4.92. The normalized spacial score (nSPS) is 11.5. The van der Waals surface area contributed by atoms with E-state index in [2.05, 4.69) is 17.4 Å². The van der Waals surface area contributed by atoms with E-state index in [4.69, 9.17) is 10.5 Å². The third kappa shape index (κ3) is 3.64. The summed E-state index contributed by atoms with van der Waals surface area (Å²) in [5.41, 5.74) is 6.45. The molecule has 0 spiro atoms. The molecule has 23 heavy (non-hydrogen) atoms. The van der Waals surface area contributed by atoms with E-state index in [0.717, 1.165) is 34.9 Å². The first kappa shape index (κ1) is 17.3. The maximum absolute atomic E-state index is 12.5. The maximum atomic E-state index is 12.5. The van der Waals surface area contributed by atoms with Gasteiger partial charge in [0.15, 0.2) is 0 Å². The van der Waals surface area contributed by atoms with Gasteiger partial charge < -0.3 is 15.8 Å². The Balaban J connectivity index is 2.11. The molecule has 0 atom stereocenters. The summed E-state index contributed by atoms with van der Waals surface area (Å²) in [4.78, 5) is 12.5. The van der Waals surface area contributed by atoms with Crippen LogP contribution in [0.2, 0.25) is 0 Å². The van der Waals surface area contributed by atoms with Gasteiger partial charge in [-0.3, -0.25) is 4.79 Å². The molecule has 0 radical (unpaired) electrons. The van der Waals surface area contributed by atoms with Crippen molar-refractivity contribution in [3.05, 3.63) is 42.0 Å². The zero-order valence-corrected chi connectivity index (χ0v) is 14.2. The Kier molecular flexibility index (Phi) is 5.61. The first-order valence-electron chi connectivity index (χ1n) is 8.13. The van der Waals surface area contributed by atoms with Crippen molar-refractivity contribution in [2.24, 2.45) is 11.1 Å². The Bertz CT molecular complexity index is 670. The van der Waals surface area contributed by atoms with E-state index in [0.29, 0.717) is 13.1 Å². The summed E-state index contributed by atoms with van der Waals surface area (Å²) in [6, 6.07) is 12.2. The first-order chi connectivity index (χ1) is 11.1. The van der Waals surface area contributed by atoms with E-state index in [1.54, 1.807) is 7.11 Å². The monoisotopic (exact) mass is 314 g/mol. The van der Waals surface area contributed by atoms with Crippen LogP contribution in [-0.2, 0) is 11.3 Å². The van der Waals surface area contributed by atoms with E-state index in [-0.39, 0.29) is 5.91 Å². The van der Waals surface area contributed by atoms with Crippen LogP contribution in [0, 0.1) is 5.41 Å². The van der Waals surface area contributed by atoms with Gasteiger partial charge in [0.2, 0.25) is 5.91 Å². The Hall–Kier alpha value is -2.07. The van der Waals surface area contributed by atoms with Crippen molar-refractivity contribution < 1.29 is 9.53 Å². The largest absolute Gasteiger partial charge is 0.497 e. The van der Waals surface area contributed by atoms with Gasteiger partial charge in [0.1, 0.15) is 5.75 Å². The summed E-state index contributed by atoms with van der Waals surface area (Å²) in [6.07, 6.45) is 1.51. The lowest BCUT2D eigenvalue weighted by atomic mass is 9.81. The second-order valence-corrected chi connectivity index (χ2v) is 5.92. The van der Waals surface area contributed by atoms with Crippen LogP contribution in [0.4, 0.5) is 0 Å². The standard InChI is InChI=1S/C19H26N2O2/c1-4-19(5-2,13-20)18(22)21-12-14-6-7-16-11-17(23-3)9-8-15(16)10-14/h6-11H,4-5,12-13,20H2,1-3H3,(H,21,22). The molecule has 4 nitrogen and oxygen atoms in total. The zero-order valence-electron chi connectivity index (χ0n) is 14.2. The highest BCUT2D eigenvalue weighted by atomic mass is 16.5. The summed E-state index contributed by atoms with van der Waals surface area (Å²) in [7, 11) is 1.66. The first-order valence-corrected chi connectivity index (χ1v) is 8.13. The number of methoxy groups -OCH3 is 1. The summed E-state index contributed by atoms with van der Waals surface area (Å²) in [5, 5.41) is 5.29. The van der Waals surface area contributed by atoms with Crippen molar-refractivity contribution in [1.29, 1.82) is 0 Å². The number of carbonyl (C=O) groups excluding carboxylic acids is 1. The smallest absolute Gasteiger partial charge is 0.227 e. The highest BCUT2D eigenvalue weighted by molar-refractivity contribution is 5.85. The molecule has 0 saturated heterocycles. The van der Waals surface area contributed by atoms with Crippen molar-refractivity contribution in [3.8, 4) is 5.75 Å². The second-order valence-electron chi connectivity index (χ2n) is 5.92. The molecule has 0 aliphatic rings. The van der Waals surface area contributed by atoms with Gasteiger partial charge in [-0.1, -0.05) is 32.0 Å². The molecule has 0 saturated carbocycles. The van der Waals surface area contributed by atoms with E-state index < -0.39 is 5.41 Å². The zero-order chi connectivity index (χ0) is 16.9. The van der Waals surface area contributed by atoms with E-state index in [9.17, 15) is 4.79 Å². The lowest BCUT2D eigenvalue weighted by molar-refractivity contribution is -0.131. The summed E-state index contributed by atoms with van der Waals surface area (Å²) in [5.74, 6) is 0.886. The van der Waals surface area contributed by atoms with Gasteiger partial charge in [-0.15, -0.1) is 0 Å². The number of nitrogens with one attached hydrogen (secondary N) is 1. The molecule has 2 rings (SSSR count). The van der Waals surface area contributed by atoms with Crippen LogP contribution >= 0.6 is 0 Å². The lowest BCUT2D eigenvalue weighted by Crippen LogP contribution is -2.45. The maximum Gasteiger partial charge on any atom is 0.227 e. The number of benzene rings is 2. The molecule has 0 fully saturated rings. The number of fused-ring (bicyclic) bond motifs is 1. The van der Waals surface area contributed by atoms with Gasteiger partial charge in [-0.25, -0.2) is 0 Å². The van der Waals surface area contributed by atoms with Crippen molar-refractivity contribution in [2.75, 3.05) is 13.7 Å². The minimum atomic E-state index is -0.454. The SMILES string of the molecule is CCC(CC)(CN)C(=O)NCc1ccc2cc(OC)ccc2c1. The summed E-state index contributed by atoms with van der Waals surface area (Å²) < 4.78 is 5.24. The quantitative estimate of drug-likeness (QED) is 0.824. The topological polar surface area (TPSA) is 64.4 Å². The van der Waals surface area contributed by atoms with Crippen molar-refractivity contribution in [3.63, 3.8) is 0 Å². The number of rotatable bonds is 7. The number of nitrogens with two attached hydrogens (primary N) is 1. The number of hydrogen-bond donors (Lipinski definition) is 2. The number of ether oxygens (including phenoxy) is 1. The van der Waals surface area contributed by atoms with Gasteiger partial charge in [0, 0.05) is 13.1 Å². The molecule has 0 aliphatic heterocycles. The van der Waals surface area contributed by atoms with Gasteiger partial charge in [-0.05, 0) is 47.4 Å². The van der Waals surface area contributed by atoms with E-state index >= 15 is 0 Å². The Morgan fingerprint density at radius 3 is 2.39 bits per heavy atom. The fourth-order valence-corrected chi connectivity index (χ4v) is 2.83. The van der Waals surface area contributed by atoms with Gasteiger partial charge in [0.25, 0.3) is 0 Å². The third-order valence-corrected chi connectivity index (χ3v) is 4.79. The number of hydrogen-bond acceptors (Lipinski definition) is 3. The van der Waals surface area contributed by atoms with Crippen LogP contribution < -0.4 is 15.8 Å². The molecule has 2 aromatic carbocycles. The highest BCUT2D eigenvalue weighted by Gasteiger charge is 2.32. The van der Waals surface area contributed by atoms with Gasteiger partial charge in [-0.2, -0.15) is 0 Å². The Labute approximate surface area is 138 Å². The molecule has 2 aromatic rings. The van der Waals surface area contributed by atoms with Gasteiger partial charge >= 0.3 is 0 Å². The molecule has 0 bridgehead atoms. The number of amides is 1. The fourth-order valence-electron chi connectivity index (χ4n) is 2.83. The van der Waals surface area contributed by atoms with Crippen LogP contribution in [0.25, 0.3) is 10.8 Å². The highest BCUT2D eigenvalue weighted by Crippen LogP contribution is 2.25. The predicted octanol–water partition coefficient (Wildman–Crippen LogP) is 3.23. The molecule has 4 heteroatoms. The molecular weight excluding hydrogens is 288 g/mol. The van der Waals surface area contributed by atoms with E-state index in [1.807, 2.05) is 38.1 Å². The lowest BCUT2D eigenvalue weighted by Gasteiger charge is -2.28. The van der Waals surface area contributed by atoms with Crippen molar-refractivity contribution >= 4 is 16.7 Å². The molecule has 124 valence electrons. The second kappa shape index (κ2) is 7.47. The average Bonchev–Trinajstić information content (AvgIpc) is 2.61. The van der Waals surface area contributed by atoms with Crippen LogP contribution in [-0.4, -0.2) is 19.6 Å². The minimum absolute atomic E-state index is 0.0415. The number of carbonyl (C=O) groups is 1.